The summed E-state index contributed by atoms with van der Waals surface area (Å²) in [5.41, 5.74) is -0.281. The first kappa shape index (κ1) is 18.3. The molecule has 0 bridgehead atoms. The van der Waals surface area contributed by atoms with E-state index in [1.54, 1.807) is 51.1 Å². The lowest BCUT2D eigenvalue weighted by Gasteiger charge is -2.27. The van der Waals surface area contributed by atoms with Gasteiger partial charge in [0.1, 0.15) is 5.60 Å². The van der Waals surface area contributed by atoms with Gasteiger partial charge in [0.25, 0.3) is 0 Å². The Morgan fingerprint density at radius 3 is 2.23 bits per heavy atom. The van der Waals surface area contributed by atoms with E-state index in [9.17, 15) is 23.1 Å². The van der Waals surface area contributed by atoms with Gasteiger partial charge in [0.2, 0.25) is 0 Å². The number of carbonyl (C=O) groups excluding carboxylic acids is 1. The summed E-state index contributed by atoms with van der Waals surface area (Å²) in [6.45, 7) is 4.79. The molecule has 1 amide bonds. The minimum Gasteiger partial charge on any atom is -0.444 e. The zero-order valence-electron chi connectivity index (χ0n) is 12.6. The minimum atomic E-state index is -4.84. The van der Waals surface area contributed by atoms with E-state index in [2.05, 4.69) is 5.32 Å². The molecule has 0 heterocycles. The molecular weight excluding hydrogens is 299 g/mol. The molecule has 0 radical (unpaired) electrons. The smallest absolute Gasteiger partial charge is 0.416 e. The van der Waals surface area contributed by atoms with Crippen molar-refractivity contribution in [3.05, 3.63) is 35.9 Å². The normalized spacial score (nSPS) is 15.0. The molecule has 1 aromatic rings. The fraction of sp³-hybridized carbons (Fsp3) is 0.533. The van der Waals surface area contributed by atoms with Crippen LogP contribution in [0.3, 0.4) is 0 Å². The third-order valence-corrected chi connectivity index (χ3v) is 2.72. The number of aliphatic hydroxyl groups is 1. The largest absolute Gasteiger partial charge is 0.444 e. The van der Waals surface area contributed by atoms with Crippen molar-refractivity contribution in [1.29, 1.82) is 0 Å². The highest BCUT2D eigenvalue weighted by molar-refractivity contribution is 5.68. The maximum atomic E-state index is 12.7. The Balaban J connectivity index is 2.85. The lowest BCUT2D eigenvalue weighted by Crippen LogP contribution is -2.52. The fourth-order valence-corrected chi connectivity index (χ4v) is 1.80. The van der Waals surface area contributed by atoms with Gasteiger partial charge in [-0.3, -0.25) is 0 Å². The van der Waals surface area contributed by atoms with Crippen LogP contribution in [0, 0.1) is 0 Å². The lowest BCUT2D eigenvalue weighted by atomic mass is 10.0. The molecule has 22 heavy (non-hydrogen) atoms. The highest BCUT2D eigenvalue weighted by Gasteiger charge is 2.44. The molecule has 0 aliphatic carbocycles. The van der Waals surface area contributed by atoms with Crippen LogP contribution >= 0.6 is 0 Å². The molecular formula is C15H20F3NO3. The Morgan fingerprint density at radius 2 is 1.77 bits per heavy atom. The first-order valence-electron chi connectivity index (χ1n) is 6.77. The average Bonchev–Trinajstić information content (AvgIpc) is 2.35. The van der Waals surface area contributed by atoms with E-state index in [1.165, 1.54) is 0 Å². The number of hydrogen-bond acceptors (Lipinski definition) is 3. The summed E-state index contributed by atoms with van der Waals surface area (Å²) in [4.78, 5) is 11.7. The van der Waals surface area contributed by atoms with E-state index >= 15 is 0 Å². The number of benzene rings is 1. The van der Waals surface area contributed by atoms with Gasteiger partial charge in [-0.1, -0.05) is 30.3 Å². The Bertz CT molecular complexity index is 483. The SMILES string of the molecule is CC(C)(C)OC(=O)N[C@@H](Cc1ccccc1)[C@H](O)C(F)(F)F. The number of alkyl carbamates (subject to hydrolysis) is 1. The summed E-state index contributed by atoms with van der Waals surface area (Å²) in [5, 5.41) is 11.6. The van der Waals surface area contributed by atoms with Crippen LogP contribution in [-0.4, -0.2) is 35.1 Å². The van der Waals surface area contributed by atoms with Gasteiger partial charge in [-0.05, 0) is 32.8 Å². The molecule has 0 aliphatic heterocycles. The van der Waals surface area contributed by atoms with Crippen molar-refractivity contribution >= 4 is 6.09 Å². The summed E-state index contributed by atoms with van der Waals surface area (Å²) < 4.78 is 43.2. The second-order valence-corrected chi connectivity index (χ2v) is 5.93. The van der Waals surface area contributed by atoms with Gasteiger partial charge in [-0.15, -0.1) is 0 Å². The van der Waals surface area contributed by atoms with Gasteiger partial charge in [0.05, 0.1) is 6.04 Å². The zero-order valence-corrected chi connectivity index (χ0v) is 12.6. The number of alkyl halides is 3. The molecule has 124 valence electrons. The maximum Gasteiger partial charge on any atom is 0.416 e. The standard InChI is InChI=1S/C15H20F3NO3/c1-14(2,3)22-13(21)19-11(12(20)15(16,17)18)9-10-7-5-4-6-8-10/h4-8,11-12,20H,9H2,1-3H3,(H,19,21)/t11-,12-/m0/s1. The predicted molar refractivity (Wildman–Crippen MR) is 75.4 cm³/mol. The van der Waals surface area contributed by atoms with Gasteiger partial charge in [0, 0.05) is 0 Å². The molecule has 0 aliphatic rings. The summed E-state index contributed by atoms with van der Waals surface area (Å²) in [5.74, 6) is 0. The number of hydrogen-bond donors (Lipinski definition) is 2. The van der Waals surface area contributed by atoms with Crippen LogP contribution in [0.1, 0.15) is 26.3 Å². The fourth-order valence-electron chi connectivity index (χ4n) is 1.80. The predicted octanol–water partition coefficient (Wildman–Crippen LogP) is 3.05. The maximum absolute atomic E-state index is 12.7. The van der Waals surface area contributed by atoms with Crippen LogP contribution in [-0.2, 0) is 11.2 Å². The van der Waals surface area contributed by atoms with E-state index in [1.807, 2.05) is 0 Å². The van der Waals surface area contributed by atoms with Gasteiger partial charge < -0.3 is 15.2 Å². The van der Waals surface area contributed by atoms with Crippen LogP contribution in [0.5, 0.6) is 0 Å². The molecule has 0 aromatic heterocycles. The minimum absolute atomic E-state index is 0.166. The molecule has 0 spiro atoms. The Kier molecular flexibility index (Phi) is 5.82. The Labute approximate surface area is 127 Å². The van der Waals surface area contributed by atoms with E-state index in [4.69, 9.17) is 4.74 Å². The summed E-state index contributed by atoms with van der Waals surface area (Å²) >= 11 is 0. The topological polar surface area (TPSA) is 58.6 Å². The van der Waals surface area contributed by atoms with Crippen molar-refractivity contribution in [2.24, 2.45) is 0 Å². The third-order valence-electron chi connectivity index (χ3n) is 2.72. The second kappa shape index (κ2) is 7.00. The molecule has 2 N–H and O–H groups in total. The van der Waals surface area contributed by atoms with Gasteiger partial charge in [-0.2, -0.15) is 13.2 Å². The quantitative estimate of drug-likeness (QED) is 0.897. The molecule has 7 heteroatoms. The van der Waals surface area contributed by atoms with Gasteiger partial charge >= 0.3 is 12.3 Å². The van der Waals surface area contributed by atoms with Crippen LogP contribution in [0.4, 0.5) is 18.0 Å². The summed E-state index contributed by atoms with van der Waals surface area (Å²) in [6, 6.07) is 6.76. The molecule has 0 fully saturated rings. The first-order valence-corrected chi connectivity index (χ1v) is 6.77. The molecule has 1 aromatic carbocycles. The Morgan fingerprint density at radius 1 is 1.23 bits per heavy atom. The summed E-state index contributed by atoms with van der Waals surface area (Å²) in [6.07, 6.45) is -8.69. The second-order valence-electron chi connectivity index (χ2n) is 5.93. The van der Waals surface area contributed by atoms with Crippen LogP contribution in [0.25, 0.3) is 0 Å². The first-order chi connectivity index (χ1) is 9.99. The lowest BCUT2D eigenvalue weighted by molar-refractivity contribution is -0.211. The monoisotopic (exact) mass is 319 g/mol. The van der Waals surface area contributed by atoms with Crippen molar-refractivity contribution in [3.63, 3.8) is 0 Å². The molecule has 0 saturated heterocycles. The number of rotatable bonds is 4. The van der Waals surface area contributed by atoms with Crippen LogP contribution < -0.4 is 5.32 Å². The molecule has 0 unspecified atom stereocenters. The van der Waals surface area contributed by atoms with E-state index in [-0.39, 0.29) is 6.42 Å². The third kappa shape index (κ3) is 6.34. The van der Waals surface area contributed by atoms with Gasteiger partial charge in [0.15, 0.2) is 6.10 Å². The average molecular weight is 319 g/mol. The zero-order chi connectivity index (χ0) is 17.0. The van der Waals surface area contributed by atoms with Crippen LogP contribution in [0.2, 0.25) is 0 Å². The molecule has 1 rings (SSSR count). The molecule has 0 saturated carbocycles. The van der Waals surface area contributed by atoms with Crippen molar-refractivity contribution in [2.75, 3.05) is 0 Å². The number of halogens is 3. The van der Waals surface area contributed by atoms with Crippen molar-refractivity contribution in [1.82, 2.24) is 5.32 Å². The molecule has 4 nitrogen and oxygen atoms in total. The number of carbonyl (C=O) groups is 1. The van der Waals surface area contributed by atoms with E-state index < -0.39 is 30.0 Å². The van der Waals surface area contributed by atoms with E-state index in [0.29, 0.717) is 5.56 Å². The van der Waals surface area contributed by atoms with Crippen LogP contribution in [0.15, 0.2) is 30.3 Å². The highest BCUT2D eigenvalue weighted by atomic mass is 19.4. The summed E-state index contributed by atoms with van der Waals surface area (Å²) in [7, 11) is 0. The van der Waals surface area contributed by atoms with Crippen molar-refractivity contribution < 1.29 is 27.8 Å². The van der Waals surface area contributed by atoms with E-state index in [0.717, 1.165) is 0 Å². The Hall–Kier alpha value is -1.76. The van der Waals surface area contributed by atoms with Gasteiger partial charge in [-0.25, -0.2) is 4.79 Å². The number of nitrogens with one attached hydrogen (secondary N) is 1. The number of aliphatic hydroxyl groups excluding tert-OH is 1. The molecule has 2 atom stereocenters. The van der Waals surface area contributed by atoms with Crippen molar-refractivity contribution in [3.8, 4) is 0 Å². The van der Waals surface area contributed by atoms with Crippen molar-refractivity contribution in [2.45, 2.75) is 51.1 Å². The number of amides is 1. The number of ether oxygens (including phenoxy) is 1. The highest BCUT2D eigenvalue weighted by Crippen LogP contribution is 2.24.